The summed E-state index contributed by atoms with van der Waals surface area (Å²) in [6.45, 7) is 2.22. The molecule has 0 amide bonds. The minimum atomic E-state index is -0.963. The van der Waals surface area contributed by atoms with Crippen LogP contribution in [0, 0.1) is 0 Å². The van der Waals surface area contributed by atoms with Gasteiger partial charge < -0.3 is 25.2 Å². The van der Waals surface area contributed by atoms with Gasteiger partial charge in [0.25, 0.3) is 0 Å². The monoisotopic (exact) mass is 302 g/mol. The van der Waals surface area contributed by atoms with Crippen LogP contribution in [0.15, 0.2) is 42.5 Å². The van der Waals surface area contributed by atoms with Crippen molar-refractivity contribution < 1.29 is 25.2 Å². The molecular weight excluding hydrogens is 284 g/mol. The van der Waals surface area contributed by atoms with Crippen molar-refractivity contribution in [1.29, 1.82) is 0 Å². The maximum atomic E-state index is 10.2. The number of phenols is 3. The average Bonchev–Trinajstić information content (AvgIpc) is 2.46. The fourth-order valence-corrected chi connectivity index (χ4v) is 2.02. The molecule has 0 bridgehead atoms. The Bertz CT molecular complexity index is 679. The Balaban J connectivity index is 2.24. The van der Waals surface area contributed by atoms with E-state index in [2.05, 4.69) is 0 Å². The molecule has 0 aliphatic rings. The third kappa shape index (κ3) is 3.71. The van der Waals surface area contributed by atoms with Crippen LogP contribution in [0.25, 0.3) is 6.08 Å². The molecule has 5 nitrogen and oxygen atoms in total. The van der Waals surface area contributed by atoms with Gasteiger partial charge in [-0.3, -0.25) is 0 Å². The number of hydrogen-bond donors (Lipinski definition) is 4. The fraction of sp³-hybridized carbons (Fsp3) is 0.176. The molecule has 0 saturated carbocycles. The molecule has 0 aromatic heterocycles. The standard InChI is InChI=1S/C17H18O5/c1-2-22-17-10-13(19)6-7-14(17)15(20)8-4-11-3-5-12(18)9-16(11)21/h3-10,15,18-21H,2H2,1H3. The number of rotatable bonds is 5. The molecule has 2 rings (SSSR count). The van der Waals surface area contributed by atoms with Crippen molar-refractivity contribution in [3.63, 3.8) is 0 Å². The molecule has 2 aromatic rings. The summed E-state index contributed by atoms with van der Waals surface area (Å²) in [5.74, 6) is 0.334. The Morgan fingerprint density at radius 1 is 1.05 bits per heavy atom. The molecule has 2 aromatic carbocycles. The highest BCUT2D eigenvalue weighted by atomic mass is 16.5. The summed E-state index contributed by atoms with van der Waals surface area (Å²) in [6.07, 6.45) is 2.07. The number of ether oxygens (including phenoxy) is 1. The van der Waals surface area contributed by atoms with E-state index in [9.17, 15) is 20.4 Å². The largest absolute Gasteiger partial charge is 0.508 e. The molecule has 0 fully saturated rings. The first-order valence-corrected chi connectivity index (χ1v) is 6.85. The highest BCUT2D eigenvalue weighted by molar-refractivity contribution is 5.59. The van der Waals surface area contributed by atoms with Crippen molar-refractivity contribution in [3.05, 3.63) is 53.6 Å². The van der Waals surface area contributed by atoms with E-state index in [4.69, 9.17) is 4.74 Å². The molecule has 4 N–H and O–H groups in total. The van der Waals surface area contributed by atoms with Gasteiger partial charge in [-0.25, -0.2) is 0 Å². The van der Waals surface area contributed by atoms with E-state index in [-0.39, 0.29) is 17.2 Å². The second-order valence-corrected chi connectivity index (χ2v) is 4.70. The van der Waals surface area contributed by atoms with Crippen LogP contribution >= 0.6 is 0 Å². The number of hydrogen-bond acceptors (Lipinski definition) is 5. The highest BCUT2D eigenvalue weighted by Gasteiger charge is 2.12. The van der Waals surface area contributed by atoms with Gasteiger partial charge in [0.1, 0.15) is 29.1 Å². The number of aliphatic hydroxyl groups excluding tert-OH is 1. The van der Waals surface area contributed by atoms with Crippen molar-refractivity contribution in [3.8, 4) is 23.0 Å². The van der Waals surface area contributed by atoms with Gasteiger partial charge in [0, 0.05) is 23.3 Å². The molecule has 22 heavy (non-hydrogen) atoms. The molecule has 0 aliphatic heterocycles. The summed E-state index contributed by atoms with van der Waals surface area (Å²) >= 11 is 0. The van der Waals surface area contributed by atoms with E-state index in [0.29, 0.717) is 23.5 Å². The maximum absolute atomic E-state index is 10.2. The molecule has 0 heterocycles. The number of benzene rings is 2. The smallest absolute Gasteiger partial charge is 0.129 e. The fourth-order valence-electron chi connectivity index (χ4n) is 2.02. The number of phenolic OH excluding ortho intramolecular Hbond substituents is 3. The second-order valence-electron chi connectivity index (χ2n) is 4.70. The molecule has 0 saturated heterocycles. The van der Waals surface area contributed by atoms with Gasteiger partial charge in [0.05, 0.1) is 6.61 Å². The Hall–Kier alpha value is -2.66. The van der Waals surface area contributed by atoms with Crippen molar-refractivity contribution >= 4 is 6.08 Å². The van der Waals surface area contributed by atoms with Gasteiger partial charge in [-0.05, 0) is 31.2 Å². The Labute approximate surface area is 128 Å². The van der Waals surface area contributed by atoms with Crippen LogP contribution < -0.4 is 4.74 Å². The lowest BCUT2D eigenvalue weighted by molar-refractivity contribution is 0.220. The normalized spacial score (nSPS) is 12.5. The van der Waals surface area contributed by atoms with Crippen LogP contribution in [-0.4, -0.2) is 27.0 Å². The molecule has 0 radical (unpaired) electrons. The van der Waals surface area contributed by atoms with Crippen molar-refractivity contribution in [1.82, 2.24) is 0 Å². The molecule has 1 unspecified atom stereocenters. The first kappa shape index (κ1) is 15.7. The molecule has 0 aliphatic carbocycles. The van der Waals surface area contributed by atoms with Gasteiger partial charge in [-0.15, -0.1) is 0 Å². The van der Waals surface area contributed by atoms with Gasteiger partial charge in [0.15, 0.2) is 0 Å². The maximum Gasteiger partial charge on any atom is 0.129 e. The summed E-state index contributed by atoms with van der Waals surface area (Å²) in [6, 6.07) is 8.68. The van der Waals surface area contributed by atoms with Gasteiger partial charge in [-0.2, -0.15) is 0 Å². The van der Waals surface area contributed by atoms with E-state index >= 15 is 0 Å². The van der Waals surface area contributed by atoms with Gasteiger partial charge in [-0.1, -0.05) is 12.2 Å². The summed E-state index contributed by atoms with van der Waals surface area (Å²) in [5.41, 5.74) is 0.975. The molecule has 5 heteroatoms. The first-order chi connectivity index (χ1) is 10.5. The highest BCUT2D eigenvalue weighted by Crippen LogP contribution is 2.31. The lowest BCUT2D eigenvalue weighted by Gasteiger charge is -2.13. The summed E-state index contributed by atoms with van der Waals surface area (Å²) < 4.78 is 5.39. The van der Waals surface area contributed by atoms with E-state index in [0.717, 1.165) is 0 Å². The Morgan fingerprint density at radius 3 is 2.41 bits per heavy atom. The Kier molecular flexibility index (Phi) is 4.91. The van der Waals surface area contributed by atoms with Crippen molar-refractivity contribution in [2.24, 2.45) is 0 Å². The van der Waals surface area contributed by atoms with E-state index in [1.54, 1.807) is 12.1 Å². The lowest BCUT2D eigenvalue weighted by Crippen LogP contribution is -2.00. The van der Waals surface area contributed by atoms with E-state index < -0.39 is 6.10 Å². The van der Waals surface area contributed by atoms with Gasteiger partial charge in [0.2, 0.25) is 0 Å². The van der Waals surface area contributed by atoms with Crippen LogP contribution in [0.5, 0.6) is 23.0 Å². The number of aromatic hydroxyl groups is 3. The quantitative estimate of drug-likeness (QED) is 0.682. The Morgan fingerprint density at radius 2 is 1.73 bits per heavy atom. The van der Waals surface area contributed by atoms with Crippen LogP contribution in [0.3, 0.4) is 0 Å². The minimum absolute atomic E-state index is 0.0348. The summed E-state index contributed by atoms with van der Waals surface area (Å²) in [4.78, 5) is 0. The first-order valence-electron chi connectivity index (χ1n) is 6.85. The molecule has 1 atom stereocenters. The molecule has 0 spiro atoms. The van der Waals surface area contributed by atoms with Crippen LogP contribution in [0.1, 0.15) is 24.2 Å². The third-order valence-electron chi connectivity index (χ3n) is 3.09. The van der Waals surface area contributed by atoms with Crippen molar-refractivity contribution in [2.75, 3.05) is 6.61 Å². The van der Waals surface area contributed by atoms with Crippen LogP contribution in [-0.2, 0) is 0 Å². The summed E-state index contributed by atoms with van der Waals surface area (Å²) in [7, 11) is 0. The van der Waals surface area contributed by atoms with Crippen LogP contribution in [0.2, 0.25) is 0 Å². The predicted octanol–water partition coefficient (Wildman–Crippen LogP) is 2.95. The zero-order chi connectivity index (χ0) is 16.1. The van der Waals surface area contributed by atoms with Crippen LogP contribution in [0.4, 0.5) is 0 Å². The predicted molar refractivity (Wildman–Crippen MR) is 83.0 cm³/mol. The van der Waals surface area contributed by atoms with Gasteiger partial charge >= 0.3 is 0 Å². The molecular formula is C17H18O5. The topological polar surface area (TPSA) is 90.2 Å². The summed E-state index contributed by atoms with van der Waals surface area (Å²) in [5, 5.41) is 38.7. The average molecular weight is 302 g/mol. The SMILES string of the molecule is CCOc1cc(O)ccc1C(O)C=Cc1ccc(O)cc1O. The number of aliphatic hydroxyl groups is 1. The third-order valence-corrected chi connectivity index (χ3v) is 3.09. The second kappa shape index (κ2) is 6.87. The van der Waals surface area contributed by atoms with Crippen molar-refractivity contribution in [2.45, 2.75) is 13.0 Å². The van der Waals surface area contributed by atoms with E-state index in [1.165, 1.54) is 36.4 Å². The zero-order valence-corrected chi connectivity index (χ0v) is 12.1. The van der Waals surface area contributed by atoms with E-state index in [1.807, 2.05) is 6.92 Å². The lowest BCUT2D eigenvalue weighted by atomic mass is 10.1. The minimum Gasteiger partial charge on any atom is -0.508 e. The zero-order valence-electron chi connectivity index (χ0n) is 12.1. The molecule has 116 valence electrons.